The minimum Gasteiger partial charge on any atom is -0.508 e. The molecule has 4 N–H and O–H groups in total. The van der Waals surface area contributed by atoms with Gasteiger partial charge in [0.2, 0.25) is 0 Å². The van der Waals surface area contributed by atoms with E-state index in [4.69, 9.17) is 23.7 Å². The van der Waals surface area contributed by atoms with Gasteiger partial charge in [0, 0.05) is 33.3 Å². The molecule has 0 fully saturated rings. The van der Waals surface area contributed by atoms with E-state index in [1.165, 1.54) is 7.11 Å². The van der Waals surface area contributed by atoms with Crippen molar-refractivity contribution >= 4 is 53.0 Å². The maximum Gasteiger partial charge on any atom is 0.519 e. The van der Waals surface area contributed by atoms with Gasteiger partial charge in [0.15, 0.2) is 0 Å². The molecule has 17 heteroatoms. The van der Waals surface area contributed by atoms with Crippen molar-refractivity contribution in [2.45, 2.75) is 75.5 Å². The van der Waals surface area contributed by atoms with Crippen molar-refractivity contribution in [2.24, 2.45) is 0 Å². The molecule has 0 aromatic heterocycles. The third kappa shape index (κ3) is 15.9. The fraction of sp³-hybridized carbons (Fsp3) is 0.135. The number of ether oxygens (including phenoxy) is 6. The molecule has 0 radical (unpaired) electrons. The Hall–Kier alpha value is -14.2. The van der Waals surface area contributed by atoms with E-state index in [0.29, 0.717) is 34.0 Å². The SMILES string of the molecule is CC(C)(c1ccc(O)cc1)c1ccc(O)cc1.COC(=O)Oc1ccc(C2(c3ccc(OC(=O)Oc4ccc(C(C)(C)c5ccc(OC(=O)Oc6ccc(C(C)(C)C)cc6)cc5)cc4)cc3)C(=O)N(c3ccccc3)c3ccccc32)cc1.O=C1N(c2ccccc2)c2ccccc2C1(c1ccc(O)cc1)c1ccc(O)cc1. The summed E-state index contributed by atoms with van der Waals surface area (Å²) in [7, 11) is 1.22. The van der Waals surface area contributed by atoms with Gasteiger partial charge in [-0.1, -0.05) is 230 Å². The van der Waals surface area contributed by atoms with Crippen LogP contribution in [0.4, 0.5) is 37.1 Å². The lowest BCUT2D eigenvalue weighted by Crippen LogP contribution is -2.40. The molecule has 17 nitrogen and oxygen atoms in total. The number of methoxy groups -OCH3 is 1. The standard InChI is InChI=1S/C55H47NO10.C26H19NO3.C15H16O2/c1-53(2,3)36-16-26-43(27-17-36)63-51(59)64-44-28-18-37(19-29-44)54(4,5)38-20-30-45(31-21-38)65-52(60)66-46-34-24-40(25-35-46)55(39-22-32-42(33-23-39)62-50(58)61-6)47-14-10-11-15-48(47)56(49(55)57)41-12-8-7-9-13-41;28-21-14-10-18(11-15-21)26(19-12-16-22(29)17-13-19)23-8-4-5-9-24(23)27(25(26)30)20-6-2-1-3-7-20;1-15(2,11-3-7-13(16)8-4-11)12-5-9-14(17)10-6-12/h7-35H,1-6H3;1-17,28-29H;3-10,16-17H,1-2H3. The Morgan fingerprint density at radius 3 is 0.796 bits per heavy atom. The smallest absolute Gasteiger partial charge is 0.508 e. The summed E-state index contributed by atoms with van der Waals surface area (Å²) in [6.45, 7) is 14.7. The average Bonchev–Trinajstić information content (AvgIpc) is 1.55. The topological polar surface area (TPSA) is 228 Å². The van der Waals surface area contributed by atoms with Gasteiger partial charge in [-0.2, -0.15) is 0 Å². The zero-order valence-electron chi connectivity index (χ0n) is 63.4. The van der Waals surface area contributed by atoms with Gasteiger partial charge in [0.05, 0.1) is 18.5 Å². The van der Waals surface area contributed by atoms with Crippen LogP contribution in [0.2, 0.25) is 0 Å². The first-order valence-corrected chi connectivity index (χ1v) is 36.5. The lowest BCUT2D eigenvalue weighted by atomic mass is 9.70. The largest absolute Gasteiger partial charge is 0.519 e. The number of anilines is 4. The van der Waals surface area contributed by atoms with Gasteiger partial charge in [-0.3, -0.25) is 19.4 Å². The molecule has 1 unspecified atom stereocenters. The van der Waals surface area contributed by atoms with E-state index in [-0.39, 0.29) is 62.9 Å². The van der Waals surface area contributed by atoms with Crippen LogP contribution in [0.5, 0.6) is 51.7 Å². The molecule has 0 bridgehead atoms. The molecule has 15 rings (SSSR count). The highest BCUT2D eigenvalue weighted by atomic mass is 16.7. The second kappa shape index (κ2) is 32.2. The summed E-state index contributed by atoms with van der Waals surface area (Å²) in [6, 6.07) is 97.4. The molecular formula is C96H82N2O15. The number of fused-ring (bicyclic) bond motifs is 2. The number of carbonyl (C=O) groups is 5. The number of para-hydroxylation sites is 4. The summed E-state index contributed by atoms with van der Waals surface area (Å²) in [5, 5.41) is 38.3. The lowest BCUT2D eigenvalue weighted by Gasteiger charge is -2.30. The minimum absolute atomic E-state index is 0.0205. The second-order valence-electron chi connectivity index (χ2n) is 29.3. The first-order valence-electron chi connectivity index (χ1n) is 36.5. The second-order valence-corrected chi connectivity index (χ2v) is 29.3. The number of amides is 2. The fourth-order valence-electron chi connectivity index (χ4n) is 14.4. The van der Waals surface area contributed by atoms with Crippen LogP contribution < -0.4 is 33.5 Å². The molecule has 13 aromatic carbocycles. The highest BCUT2D eigenvalue weighted by molar-refractivity contribution is 6.18. The van der Waals surface area contributed by atoms with E-state index in [0.717, 1.165) is 61.4 Å². The summed E-state index contributed by atoms with van der Waals surface area (Å²) in [5.41, 5.74) is 9.54. The van der Waals surface area contributed by atoms with Gasteiger partial charge < -0.3 is 48.8 Å². The number of phenols is 4. The van der Waals surface area contributed by atoms with Crippen LogP contribution in [-0.4, -0.2) is 57.8 Å². The molecule has 2 aliphatic rings. The molecule has 2 aliphatic heterocycles. The van der Waals surface area contributed by atoms with Gasteiger partial charge in [0.1, 0.15) is 62.6 Å². The molecule has 566 valence electrons. The van der Waals surface area contributed by atoms with Crippen molar-refractivity contribution < 1.29 is 72.8 Å². The predicted octanol–water partition coefficient (Wildman–Crippen LogP) is 21.2. The zero-order valence-corrected chi connectivity index (χ0v) is 63.4. The van der Waals surface area contributed by atoms with Crippen molar-refractivity contribution in [2.75, 3.05) is 16.9 Å². The van der Waals surface area contributed by atoms with Gasteiger partial charge >= 0.3 is 18.5 Å². The Labute approximate surface area is 655 Å². The summed E-state index contributed by atoms with van der Waals surface area (Å²) in [4.78, 5) is 70.2. The zero-order chi connectivity index (χ0) is 79.8. The summed E-state index contributed by atoms with van der Waals surface area (Å²) in [6.07, 6.45) is -2.64. The first-order chi connectivity index (χ1) is 54.3. The van der Waals surface area contributed by atoms with E-state index < -0.39 is 34.7 Å². The van der Waals surface area contributed by atoms with Crippen LogP contribution in [-0.2, 0) is 41.4 Å². The highest BCUT2D eigenvalue weighted by Crippen LogP contribution is 2.55. The number of hydrogen-bond donors (Lipinski definition) is 4. The van der Waals surface area contributed by atoms with Crippen molar-refractivity contribution in [3.63, 3.8) is 0 Å². The lowest BCUT2D eigenvalue weighted by molar-refractivity contribution is -0.120. The maximum absolute atomic E-state index is 15.0. The Morgan fingerprint density at radius 1 is 0.283 bits per heavy atom. The number of phenolic OH excluding ortho intramolecular Hbond substituents is 4. The van der Waals surface area contributed by atoms with Gasteiger partial charge in [-0.15, -0.1) is 0 Å². The fourth-order valence-corrected chi connectivity index (χ4v) is 14.4. The first kappa shape index (κ1) is 77.0. The molecule has 13 aromatic rings. The third-order valence-corrected chi connectivity index (χ3v) is 20.6. The minimum atomic E-state index is -1.34. The summed E-state index contributed by atoms with van der Waals surface area (Å²) >= 11 is 0. The number of nitrogens with zero attached hydrogens (tertiary/aromatic N) is 2. The number of rotatable bonds is 15. The van der Waals surface area contributed by atoms with Gasteiger partial charge in [0.25, 0.3) is 11.8 Å². The Kier molecular flexibility index (Phi) is 21.9. The molecule has 113 heavy (non-hydrogen) atoms. The highest BCUT2D eigenvalue weighted by Gasteiger charge is 2.55. The van der Waals surface area contributed by atoms with E-state index in [1.807, 2.05) is 170 Å². The normalized spacial score (nSPS) is 14.0. The number of benzene rings is 13. The molecular weight excluding hydrogens is 1420 g/mol. The van der Waals surface area contributed by atoms with Gasteiger partial charge in [-0.05, 0) is 201 Å². The Morgan fingerprint density at radius 2 is 0.513 bits per heavy atom. The van der Waals surface area contributed by atoms with E-state index in [9.17, 15) is 39.6 Å². The summed E-state index contributed by atoms with van der Waals surface area (Å²) < 4.78 is 31.9. The molecule has 2 heterocycles. The third-order valence-electron chi connectivity index (χ3n) is 20.6. The molecule has 0 aliphatic carbocycles. The van der Waals surface area contributed by atoms with E-state index in [1.54, 1.807) is 168 Å². The molecule has 1 atom stereocenters. The molecule has 0 saturated heterocycles. The van der Waals surface area contributed by atoms with Crippen LogP contribution in [0.3, 0.4) is 0 Å². The molecule has 0 spiro atoms. The number of carbonyl (C=O) groups excluding carboxylic acids is 5. The van der Waals surface area contributed by atoms with Gasteiger partial charge in [-0.25, -0.2) is 14.4 Å². The summed E-state index contributed by atoms with van der Waals surface area (Å²) in [5.74, 6) is 1.95. The van der Waals surface area contributed by atoms with Crippen LogP contribution in [0.15, 0.2) is 328 Å². The molecule has 2 amide bonds. The van der Waals surface area contributed by atoms with Crippen LogP contribution in [0.1, 0.15) is 110 Å². The monoisotopic (exact) mass is 1500 g/mol. The van der Waals surface area contributed by atoms with Crippen LogP contribution in [0.25, 0.3) is 0 Å². The van der Waals surface area contributed by atoms with Crippen molar-refractivity contribution in [3.8, 4) is 51.7 Å². The predicted molar refractivity (Wildman–Crippen MR) is 434 cm³/mol. The average molecular weight is 1500 g/mol. The van der Waals surface area contributed by atoms with Crippen LogP contribution in [0, 0.1) is 0 Å². The maximum atomic E-state index is 15.0. The Bertz CT molecular complexity index is 5450. The van der Waals surface area contributed by atoms with E-state index in [2.05, 4.69) is 53.2 Å². The van der Waals surface area contributed by atoms with Crippen molar-refractivity contribution in [3.05, 3.63) is 389 Å². The molecule has 0 saturated carbocycles. The quantitative estimate of drug-likeness (QED) is 0.0553. The number of aromatic hydroxyl groups is 4. The Balaban J connectivity index is 0.000000192. The van der Waals surface area contributed by atoms with Crippen molar-refractivity contribution in [1.29, 1.82) is 0 Å². The van der Waals surface area contributed by atoms with E-state index >= 15 is 4.79 Å². The number of hydrogen-bond acceptors (Lipinski definition) is 15. The van der Waals surface area contributed by atoms with Crippen molar-refractivity contribution in [1.82, 2.24) is 0 Å². The van der Waals surface area contributed by atoms with Crippen LogP contribution >= 0.6 is 0 Å².